The number of anilines is 1. The quantitative estimate of drug-likeness (QED) is 0.889. The highest BCUT2D eigenvalue weighted by Crippen LogP contribution is 2.36. The minimum atomic E-state index is -0.446. The van der Waals surface area contributed by atoms with E-state index >= 15 is 0 Å². The third kappa shape index (κ3) is 3.95. The summed E-state index contributed by atoms with van der Waals surface area (Å²) >= 11 is 0. The molecule has 0 bridgehead atoms. The van der Waals surface area contributed by atoms with Gasteiger partial charge in [-0.25, -0.2) is 0 Å². The van der Waals surface area contributed by atoms with E-state index < -0.39 is 5.92 Å². The molecule has 2 amide bonds. The molecule has 0 saturated carbocycles. The molecule has 1 fully saturated rings. The molecule has 0 unspecified atom stereocenters. The fourth-order valence-corrected chi connectivity index (χ4v) is 3.62. The standard InChI is InChI=1S/C19H26N2O4/c1-3-21(12-13-6-8-25-9-7-13)19(23)16-11-18(22)20-17-5-4-14(24-2)10-15(16)17/h4-5,10,13,16H,3,6-9,11-12H2,1-2H3,(H,20,22)/t16-/m1/s1. The van der Waals surface area contributed by atoms with E-state index in [4.69, 9.17) is 9.47 Å². The first-order valence-electron chi connectivity index (χ1n) is 8.96. The van der Waals surface area contributed by atoms with Crippen LogP contribution in [0.5, 0.6) is 5.75 Å². The van der Waals surface area contributed by atoms with E-state index in [9.17, 15) is 9.59 Å². The van der Waals surface area contributed by atoms with Crippen LogP contribution in [-0.4, -0.2) is 50.1 Å². The van der Waals surface area contributed by atoms with Crippen molar-refractivity contribution >= 4 is 17.5 Å². The van der Waals surface area contributed by atoms with Crippen molar-refractivity contribution in [2.45, 2.75) is 32.1 Å². The number of ether oxygens (including phenoxy) is 2. The second-order valence-electron chi connectivity index (χ2n) is 6.69. The van der Waals surface area contributed by atoms with Crippen LogP contribution in [0.15, 0.2) is 18.2 Å². The van der Waals surface area contributed by atoms with Crippen LogP contribution in [0.2, 0.25) is 0 Å². The average Bonchev–Trinajstić information content (AvgIpc) is 2.65. The highest BCUT2D eigenvalue weighted by molar-refractivity contribution is 6.01. The predicted molar refractivity (Wildman–Crippen MR) is 94.8 cm³/mol. The summed E-state index contributed by atoms with van der Waals surface area (Å²) < 4.78 is 10.7. The molecule has 2 heterocycles. The number of hydrogen-bond acceptors (Lipinski definition) is 4. The Hall–Kier alpha value is -2.08. The third-order valence-corrected chi connectivity index (χ3v) is 5.11. The zero-order chi connectivity index (χ0) is 17.8. The summed E-state index contributed by atoms with van der Waals surface area (Å²) in [6.45, 7) is 4.90. The summed E-state index contributed by atoms with van der Waals surface area (Å²) in [6.07, 6.45) is 2.15. The van der Waals surface area contributed by atoms with Crippen LogP contribution < -0.4 is 10.1 Å². The lowest BCUT2D eigenvalue weighted by Crippen LogP contribution is -2.41. The Kier molecular flexibility index (Phi) is 5.58. The van der Waals surface area contributed by atoms with Gasteiger partial charge < -0.3 is 19.7 Å². The minimum Gasteiger partial charge on any atom is -0.497 e. The van der Waals surface area contributed by atoms with Gasteiger partial charge in [0.05, 0.1) is 13.0 Å². The Labute approximate surface area is 148 Å². The van der Waals surface area contributed by atoms with E-state index in [0.29, 0.717) is 23.9 Å². The van der Waals surface area contributed by atoms with Gasteiger partial charge in [-0.1, -0.05) is 0 Å². The van der Waals surface area contributed by atoms with Crippen molar-refractivity contribution in [1.82, 2.24) is 4.90 Å². The molecule has 1 N–H and O–H groups in total. The molecule has 136 valence electrons. The van der Waals surface area contributed by atoms with E-state index in [0.717, 1.165) is 38.2 Å². The zero-order valence-corrected chi connectivity index (χ0v) is 14.9. The summed E-state index contributed by atoms with van der Waals surface area (Å²) in [5.41, 5.74) is 1.55. The van der Waals surface area contributed by atoms with Crippen molar-refractivity contribution in [2.75, 3.05) is 38.7 Å². The molecule has 6 heteroatoms. The molecule has 25 heavy (non-hydrogen) atoms. The van der Waals surface area contributed by atoms with Gasteiger partial charge in [0.1, 0.15) is 5.75 Å². The van der Waals surface area contributed by atoms with Crippen molar-refractivity contribution in [1.29, 1.82) is 0 Å². The lowest BCUT2D eigenvalue weighted by atomic mass is 9.88. The Morgan fingerprint density at radius 3 is 2.80 bits per heavy atom. The fourth-order valence-electron chi connectivity index (χ4n) is 3.62. The van der Waals surface area contributed by atoms with E-state index in [1.54, 1.807) is 19.2 Å². The SMILES string of the molecule is CCN(CC1CCOCC1)C(=O)[C@@H]1CC(=O)Nc2ccc(OC)cc21. The molecule has 2 aliphatic rings. The van der Waals surface area contributed by atoms with Crippen LogP contribution in [0.25, 0.3) is 0 Å². The van der Waals surface area contributed by atoms with Gasteiger partial charge in [0.15, 0.2) is 0 Å². The smallest absolute Gasteiger partial charge is 0.230 e. The van der Waals surface area contributed by atoms with Crippen molar-refractivity contribution in [3.8, 4) is 5.75 Å². The Bertz CT molecular complexity index is 640. The number of carbonyl (C=O) groups is 2. The van der Waals surface area contributed by atoms with Gasteiger partial charge in [0.2, 0.25) is 11.8 Å². The van der Waals surface area contributed by atoms with Gasteiger partial charge in [-0.3, -0.25) is 9.59 Å². The molecule has 0 spiro atoms. The van der Waals surface area contributed by atoms with Crippen LogP contribution >= 0.6 is 0 Å². The molecule has 0 radical (unpaired) electrons. The van der Waals surface area contributed by atoms with Crippen molar-refractivity contribution in [2.24, 2.45) is 5.92 Å². The Morgan fingerprint density at radius 1 is 1.36 bits per heavy atom. The fraction of sp³-hybridized carbons (Fsp3) is 0.579. The van der Waals surface area contributed by atoms with Gasteiger partial charge in [-0.05, 0) is 49.4 Å². The van der Waals surface area contributed by atoms with E-state index in [2.05, 4.69) is 5.32 Å². The van der Waals surface area contributed by atoms with Gasteiger partial charge in [-0.15, -0.1) is 0 Å². The molecule has 1 aromatic rings. The lowest BCUT2D eigenvalue weighted by Gasteiger charge is -2.33. The molecule has 0 aromatic heterocycles. The van der Waals surface area contributed by atoms with Crippen molar-refractivity contribution in [3.63, 3.8) is 0 Å². The lowest BCUT2D eigenvalue weighted by molar-refractivity contribution is -0.135. The van der Waals surface area contributed by atoms with E-state index in [1.165, 1.54) is 0 Å². The molecule has 1 saturated heterocycles. The topological polar surface area (TPSA) is 67.9 Å². The van der Waals surface area contributed by atoms with Gasteiger partial charge in [0.25, 0.3) is 0 Å². The van der Waals surface area contributed by atoms with Crippen LogP contribution in [0, 0.1) is 5.92 Å². The largest absolute Gasteiger partial charge is 0.497 e. The van der Waals surface area contributed by atoms with E-state index in [1.807, 2.05) is 17.9 Å². The zero-order valence-electron chi connectivity index (χ0n) is 14.9. The highest BCUT2D eigenvalue weighted by Gasteiger charge is 2.34. The number of rotatable bonds is 5. The molecule has 1 aromatic carbocycles. The van der Waals surface area contributed by atoms with Gasteiger partial charge >= 0.3 is 0 Å². The average molecular weight is 346 g/mol. The summed E-state index contributed by atoms with van der Waals surface area (Å²) in [5.74, 6) is 0.634. The molecular weight excluding hydrogens is 320 g/mol. The predicted octanol–water partition coefficient (Wildman–Crippen LogP) is 2.40. The second-order valence-corrected chi connectivity index (χ2v) is 6.69. The Balaban J connectivity index is 1.81. The summed E-state index contributed by atoms with van der Waals surface area (Å²) in [4.78, 5) is 27.1. The van der Waals surface area contributed by atoms with Gasteiger partial charge in [-0.2, -0.15) is 0 Å². The third-order valence-electron chi connectivity index (χ3n) is 5.11. The number of hydrogen-bond donors (Lipinski definition) is 1. The number of benzene rings is 1. The second kappa shape index (κ2) is 7.87. The highest BCUT2D eigenvalue weighted by atomic mass is 16.5. The van der Waals surface area contributed by atoms with Crippen molar-refractivity contribution < 1.29 is 19.1 Å². The monoisotopic (exact) mass is 346 g/mol. The first kappa shape index (κ1) is 17.7. The first-order chi connectivity index (χ1) is 12.1. The molecule has 2 aliphatic heterocycles. The molecule has 0 aliphatic carbocycles. The number of carbonyl (C=O) groups excluding carboxylic acids is 2. The minimum absolute atomic E-state index is 0.0262. The maximum atomic E-state index is 13.2. The van der Waals surface area contributed by atoms with Crippen LogP contribution in [0.3, 0.4) is 0 Å². The number of amides is 2. The van der Waals surface area contributed by atoms with Gasteiger partial charge in [0, 0.05) is 38.4 Å². The normalized spacial score (nSPS) is 20.6. The van der Waals surface area contributed by atoms with E-state index in [-0.39, 0.29) is 18.2 Å². The molecular formula is C19H26N2O4. The number of nitrogens with zero attached hydrogens (tertiary/aromatic N) is 1. The number of nitrogens with one attached hydrogen (secondary N) is 1. The molecule has 1 atom stereocenters. The van der Waals surface area contributed by atoms with Crippen LogP contribution in [0.1, 0.15) is 37.7 Å². The van der Waals surface area contributed by atoms with Crippen LogP contribution in [0.4, 0.5) is 5.69 Å². The maximum absolute atomic E-state index is 13.2. The summed E-state index contributed by atoms with van der Waals surface area (Å²) in [7, 11) is 1.60. The van der Waals surface area contributed by atoms with Crippen molar-refractivity contribution in [3.05, 3.63) is 23.8 Å². The molecule has 6 nitrogen and oxygen atoms in total. The summed E-state index contributed by atoms with van der Waals surface area (Å²) in [6, 6.07) is 5.46. The van der Waals surface area contributed by atoms with Crippen LogP contribution in [-0.2, 0) is 14.3 Å². The number of fused-ring (bicyclic) bond motifs is 1. The number of likely N-dealkylation sites (N-methyl/N-ethyl adjacent to an activating group) is 1. The maximum Gasteiger partial charge on any atom is 0.230 e. The Morgan fingerprint density at radius 2 is 2.12 bits per heavy atom. The molecule has 3 rings (SSSR count). The summed E-state index contributed by atoms with van der Waals surface area (Å²) in [5, 5.41) is 2.85. The number of methoxy groups -OCH3 is 1. The first-order valence-corrected chi connectivity index (χ1v) is 8.96.